The van der Waals surface area contributed by atoms with Gasteiger partial charge in [-0.2, -0.15) is 0 Å². The molecule has 2 nitrogen and oxygen atoms in total. The van der Waals surface area contributed by atoms with Gasteiger partial charge in [-0.15, -0.1) is 11.3 Å². The first-order chi connectivity index (χ1) is 5.92. The predicted molar refractivity (Wildman–Crippen MR) is 50.8 cm³/mol. The molecule has 0 unspecified atom stereocenters. The second-order valence-corrected chi connectivity index (χ2v) is 3.29. The minimum atomic E-state index is 0.705. The summed E-state index contributed by atoms with van der Waals surface area (Å²) in [7, 11) is 0. The Labute approximate surface area is 74.8 Å². The summed E-state index contributed by atoms with van der Waals surface area (Å²) >= 11 is 1.67. The van der Waals surface area contributed by atoms with Crippen molar-refractivity contribution >= 4 is 21.6 Å². The molecule has 2 aromatic heterocycles. The summed E-state index contributed by atoms with van der Waals surface area (Å²) in [6, 6.07) is 3.91. The zero-order valence-electron chi connectivity index (χ0n) is 6.78. The molecule has 0 N–H and O–H groups in total. The van der Waals surface area contributed by atoms with E-state index >= 15 is 0 Å². The van der Waals surface area contributed by atoms with Gasteiger partial charge in [-0.05, 0) is 24.4 Å². The van der Waals surface area contributed by atoms with E-state index in [-0.39, 0.29) is 0 Å². The van der Waals surface area contributed by atoms with Crippen LogP contribution in [0, 0.1) is 0 Å². The zero-order valence-corrected chi connectivity index (χ0v) is 7.60. The van der Waals surface area contributed by atoms with E-state index in [0.29, 0.717) is 6.61 Å². The summed E-state index contributed by atoms with van der Waals surface area (Å²) in [6.45, 7) is 2.69. The van der Waals surface area contributed by atoms with Gasteiger partial charge in [-0.1, -0.05) is 0 Å². The largest absolute Gasteiger partial charge is 0.492 e. The fourth-order valence-electron chi connectivity index (χ4n) is 1.12. The molecular formula is C9H9NOS. The number of hydrogen-bond acceptors (Lipinski definition) is 3. The van der Waals surface area contributed by atoms with Crippen molar-refractivity contribution in [2.24, 2.45) is 0 Å². The van der Waals surface area contributed by atoms with Crippen LogP contribution in [-0.4, -0.2) is 11.6 Å². The maximum Gasteiger partial charge on any atom is 0.140 e. The fourth-order valence-corrected chi connectivity index (χ4v) is 1.94. The Hall–Kier alpha value is -1.09. The molecule has 0 fully saturated rings. The molecule has 0 saturated heterocycles. The summed E-state index contributed by atoms with van der Waals surface area (Å²) in [4.78, 5) is 4.21. The van der Waals surface area contributed by atoms with Crippen LogP contribution in [0.4, 0.5) is 0 Å². The number of thiophene rings is 1. The molecule has 0 aromatic carbocycles. The minimum Gasteiger partial charge on any atom is -0.492 e. The summed E-state index contributed by atoms with van der Waals surface area (Å²) in [5.74, 6) is 0.942. The van der Waals surface area contributed by atoms with Crippen LogP contribution in [0.5, 0.6) is 5.75 Å². The maximum absolute atomic E-state index is 5.45. The molecular weight excluding hydrogens is 170 g/mol. The minimum absolute atomic E-state index is 0.705. The van der Waals surface area contributed by atoms with Gasteiger partial charge < -0.3 is 4.74 Å². The van der Waals surface area contributed by atoms with Crippen LogP contribution in [-0.2, 0) is 0 Å². The number of nitrogens with zero attached hydrogens (tertiary/aromatic N) is 1. The van der Waals surface area contributed by atoms with E-state index in [4.69, 9.17) is 4.74 Å². The normalized spacial score (nSPS) is 10.4. The third kappa shape index (κ3) is 1.16. The Kier molecular flexibility index (Phi) is 1.96. The Morgan fingerprint density at radius 2 is 2.42 bits per heavy atom. The molecule has 0 radical (unpaired) electrons. The lowest BCUT2D eigenvalue weighted by atomic mass is 10.4. The van der Waals surface area contributed by atoms with E-state index < -0.39 is 0 Å². The molecule has 12 heavy (non-hydrogen) atoms. The van der Waals surface area contributed by atoms with Crippen LogP contribution in [0.25, 0.3) is 10.2 Å². The van der Waals surface area contributed by atoms with Crippen molar-refractivity contribution in [3.8, 4) is 5.75 Å². The molecule has 0 aliphatic heterocycles. The lowest BCUT2D eigenvalue weighted by Gasteiger charge is -2.02. The molecule has 0 spiro atoms. The first-order valence-electron chi connectivity index (χ1n) is 3.87. The first kappa shape index (κ1) is 7.55. The van der Waals surface area contributed by atoms with Crippen LogP contribution in [0.2, 0.25) is 0 Å². The van der Waals surface area contributed by atoms with Crippen molar-refractivity contribution in [1.82, 2.24) is 4.98 Å². The SMILES string of the molecule is CCOc1ccnc2ccsc12. The van der Waals surface area contributed by atoms with Crippen LogP contribution in [0.3, 0.4) is 0 Å². The zero-order chi connectivity index (χ0) is 8.39. The van der Waals surface area contributed by atoms with Gasteiger partial charge in [0, 0.05) is 6.20 Å². The van der Waals surface area contributed by atoms with E-state index in [1.807, 2.05) is 24.4 Å². The molecule has 0 amide bonds. The van der Waals surface area contributed by atoms with Gasteiger partial charge in [0.25, 0.3) is 0 Å². The Balaban J connectivity index is 2.57. The number of rotatable bonds is 2. The third-order valence-electron chi connectivity index (χ3n) is 1.61. The standard InChI is InChI=1S/C9H9NOS/c1-2-11-8-3-5-10-7-4-6-12-9(7)8/h3-6H,2H2,1H3. The second-order valence-electron chi connectivity index (χ2n) is 2.38. The van der Waals surface area contributed by atoms with Crippen molar-refractivity contribution < 1.29 is 4.74 Å². The van der Waals surface area contributed by atoms with Crippen molar-refractivity contribution in [1.29, 1.82) is 0 Å². The molecule has 0 bridgehead atoms. The van der Waals surface area contributed by atoms with Gasteiger partial charge in [0.05, 0.1) is 16.8 Å². The second kappa shape index (κ2) is 3.11. The summed E-state index contributed by atoms with van der Waals surface area (Å²) in [5.41, 5.74) is 1.02. The highest BCUT2D eigenvalue weighted by atomic mass is 32.1. The molecule has 2 rings (SSSR count). The molecule has 3 heteroatoms. The fraction of sp³-hybridized carbons (Fsp3) is 0.222. The highest BCUT2D eigenvalue weighted by Gasteiger charge is 2.02. The van der Waals surface area contributed by atoms with Gasteiger partial charge in [0.1, 0.15) is 5.75 Å². The van der Waals surface area contributed by atoms with Gasteiger partial charge in [0.15, 0.2) is 0 Å². The third-order valence-corrected chi connectivity index (χ3v) is 2.53. The van der Waals surface area contributed by atoms with Crippen LogP contribution >= 0.6 is 11.3 Å². The summed E-state index contributed by atoms with van der Waals surface area (Å²) in [6.07, 6.45) is 1.78. The number of ether oxygens (including phenoxy) is 1. The molecule has 62 valence electrons. The molecule has 2 aromatic rings. The van der Waals surface area contributed by atoms with Gasteiger partial charge in [0.2, 0.25) is 0 Å². The number of pyridine rings is 1. The quantitative estimate of drug-likeness (QED) is 0.707. The van der Waals surface area contributed by atoms with Gasteiger partial charge in [-0.3, -0.25) is 4.98 Å². The molecule has 0 saturated carbocycles. The lowest BCUT2D eigenvalue weighted by molar-refractivity contribution is 0.344. The summed E-state index contributed by atoms with van der Waals surface area (Å²) < 4.78 is 6.59. The van der Waals surface area contributed by atoms with E-state index in [1.165, 1.54) is 0 Å². The number of hydrogen-bond donors (Lipinski definition) is 0. The molecule has 0 aliphatic rings. The average molecular weight is 179 g/mol. The molecule has 0 atom stereocenters. The lowest BCUT2D eigenvalue weighted by Crippen LogP contribution is -1.91. The summed E-state index contributed by atoms with van der Waals surface area (Å²) in [5, 5.41) is 2.03. The van der Waals surface area contributed by atoms with Gasteiger partial charge >= 0.3 is 0 Å². The molecule has 0 aliphatic carbocycles. The number of aromatic nitrogens is 1. The van der Waals surface area contributed by atoms with E-state index in [2.05, 4.69) is 4.98 Å². The van der Waals surface area contributed by atoms with E-state index in [9.17, 15) is 0 Å². The van der Waals surface area contributed by atoms with Crippen molar-refractivity contribution in [2.45, 2.75) is 6.92 Å². The maximum atomic E-state index is 5.45. The van der Waals surface area contributed by atoms with Crippen molar-refractivity contribution in [3.63, 3.8) is 0 Å². The molecule has 2 heterocycles. The smallest absolute Gasteiger partial charge is 0.140 e. The first-order valence-corrected chi connectivity index (χ1v) is 4.75. The van der Waals surface area contributed by atoms with Crippen molar-refractivity contribution in [3.05, 3.63) is 23.7 Å². The Morgan fingerprint density at radius 3 is 3.25 bits per heavy atom. The van der Waals surface area contributed by atoms with Crippen LogP contribution in [0.15, 0.2) is 23.7 Å². The van der Waals surface area contributed by atoms with E-state index in [0.717, 1.165) is 16.0 Å². The Morgan fingerprint density at radius 1 is 1.50 bits per heavy atom. The van der Waals surface area contributed by atoms with Crippen LogP contribution < -0.4 is 4.74 Å². The topological polar surface area (TPSA) is 22.1 Å². The van der Waals surface area contributed by atoms with Crippen molar-refractivity contribution in [2.75, 3.05) is 6.61 Å². The predicted octanol–water partition coefficient (Wildman–Crippen LogP) is 2.70. The Bertz CT molecular complexity index is 383. The van der Waals surface area contributed by atoms with E-state index in [1.54, 1.807) is 17.5 Å². The number of fused-ring (bicyclic) bond motifs is 1. The average Bonchev–Trinajstić information content (AvgIpc) is 2.53. The van der Waals surface area contributed by atoms with Gasteiger partial charge in [-0.25, -0.2) is 0 Å². The highest BCUT2D eigenvalue weighted by molar-refractivity contribution is 7.17. The highest BCUT2D eigenvalue weighted by Crippen LogP contribution is 2.28. The monoisotopic (exact) mass is 179 g/mol. The van der Waals surface area contributed by atoms with Crippen LogP contribution in [0.1, 0.15) is 6.92 Å².